The van der Waals surface area contributed by atoms with Crippen molar-refractivity contribution in [1.82, 2.24) is 15.6 Å². The maximum atomic E-state index is 13.5. The van der Waals surface area contributed by atoms with Crippen molar-refractivity contribution < 1.29 is 23.9 Å². The number of nitrogens with two attached hydrogens (primary N) is 1. The molecule has 3 rings (SSSR count). The molecule has 0 bridgehead atoms. The van der Waals surface area contributed by atoms with Gasteiger partial charge >= 0.3 is 5.97 Å². The molecule has 1 aromatic heterocycles. The molecule has 0 unspecified atom stereocenters. The molecule has 9 nitrogen and oxygen atoms in total. The number of nitrogens with one attached hydrogen (secondary N) is 3. The lowest BCUT2D eigenvalue weighted by Crippen LogP contribution is -2.50. The average molecular weight is 559 g/mol. The van der Waals surface area contributed by atoms with Crippen LogP contribution < -0.4 is 16.4 Å². The summed E-state index contributed by atoms with van der Waals surface area (Å²) in [6.45, 7) is 6.13. The number of hydrogen-bond donors (Lipinski definition) is 4. The van der Waals surface area contributed by atoms with E-state index in [9.17, 15) is 19.2 Å². The third kappa shape index (κ3) is 9.79. The van der Waals surface area contributed by atoms with Crippen LogP contribution in [0, 0.1) is 0 Å². The minimum absolute atomic E-state index is 0.00289. The van der Waals surface area contributed by atoms with E-state index in [1.165, 1.54) is 17.7 Å². The number of H-pyrrole nitrogens is 1. The number of carbonyl (C=O) groups excluding carboxylic acids is 4. The van der Waals surface area contributed by atoms with Crippen molar-refractivity contribution in [2.75, 3.05) is 6.61 Å². The maximum Gasteiger partial charge on any atom is 0.330 e. The molecular weight excluding hydrogens is 520 g/mol. The Morgan fingerprint density at radius 1 is 0.976 bits per heavy atom. The number of carbonyl (C=O) groups is 4. The summed E-state index contributed by atoms with van der Waals surface area (Å²) < 4.78 is 4.91. The number of esters is 1. The van der Waals surface area contributed by atoms with E-state index in [1.54, 1.807) is 13.0 Å². The molecule has 216 valence electrons. The van der Waals surface area contributed by atoms with Gasteiger partial charge in [0.25, 0.3) is 5.91 Å². The van der Waals surface area contributed by atoms with Gasteiger partial charge in [-0.2, -0.15) is 0 Å². The van der Waals surface area contributed by atoms with Gasteiger partial charge in [0.1, 0.15) is 11.7 Å². The standard InChI is InChI=1S/C32H38N4O5/c1-4-41-30(38)18-14-25(13-17-29(33)37)34-32(40)28(19-22-9-6-5-7-10-22)36-31(39)27-16-15-26(35-27)24-12-8-11-23(20-24)21(2)3/h5-12,14-16,18,20-21,25,28,35H,4,13,17,19H2,1-3H3,(H2,33,37)(H,34,40)(H,36,39)/b18-14+/t25-,28-/m0/s1. The van der Waals surface area contributed by atoms with Crippen LogP contribution in [0.5, 0.6) is 0 Å². The number of amides is 3. The summed E-state index contributed by atoms with van der Waals surface area (Å²) in [6.07, 6.45) is 3.07. The van der Waals surface area contributed by atoms with E-state index in [2.05, 4.69) is 41.6 Å². The summed E-state index contributed by atoms with van der Waals surface area (Å²) in [5.74, 6) is -1.65. The molecule has 5 N–H and O–H groups in total. The molecule has 3 amide bonds. The third-order valence-corrected chi connectivity index (χ3v) is 6.48. The zero-order valence-corrected chi connectivity index (χ0v) is 23.7. The highest BCUT2D eigenvalue weighted by Crippen LogP contribution is 2.23. The maximum absolute atomic E-state index is 13.5. The van der Waals surface area contributed by atoms with Crippen LogP contribution >= 0.6 is 0 Å². The van der Waals surface area contributed by atoms with Gasteiger partial charge in [-0.25, -0.2) is 4.79 Å². The summed E-state index contributed by atoms with van der Waals surface area (Å²) in [5, 5.41) is 5.67. The van der Waals surface area contributed by atoms with Crippen molar-refractivity contribution >= 4 is 23.7 Å². The summed E-state index contributed by atoms with van der Waals surface area (Å²) in [6, 6.07) is 19.3. The van der Waals surface area contributed by atoms with Gasteiger partial charge in [0.05, 0.1) is 6.61 Å². The van der Waals surface area contributed by atoms with Gasteiger partial charge in [0.15, 0.2) is 0 Å². The molecule has 0 saturated carbocycles. The lowest BCUT2D eigenvalue weighted by Gasteiger charge is -2.22. The van der Waals surface area contributed by atoms with Gasteiger partial charge in [-0.05, 0) is 54.2 Å². The first-order valence-corrected chi connectivity index (χ1v) is 13.7. The van der Waals surface area contributed by atoms with Crippen molar-refractivity contribution in [1.29, 1.82) is 0 Å². The van der Waals surface area contributed by atoms with Gasteiger partial charge in [-0.15, -0.1) is 0 Å². The Bertz CT molecular complexity index is 1360. The Balaban J connectivity index is 1.80. The van der Waals surface area contributed by atoms with E-state index in [-0.39, 0.29) is 25.9 Å². The van der Waals surface area contributed by atoms with E-state index in [4.69, 9.17) is 10.5 Å². The smallest absolute Gasteiger partial charge is 0.330 e. The van der Waals surface area contributed by atoms with Gasteiger partial charge in [0.2, 0.25) is 11.8 Å². The first-order chi connectivity index (χ1) is 19.7. The number of aromatic nitrogens is 1. The van der Waals surface area contributed by atoms with Crippen LogP contribution in [0.15, 0.2) is 78.9 Å². The molecule has 0 fully saturated rings. The van der Waals surface area contributed by atoms with Crippen molar-refractivity contribution in [3.05, 3.63) is 95.7 Å². The minimum Gasteiger partial charge on any atom is -0.463 e. The highest BCUT2D eigenvalue weighted by molar-refractivity contribution is 5.97. The first-order valence-electron chi connectivity index (χ1n) is 13.7. The summed E-state index contributed by atoms with van der Waals surface area (Å²) in [4.78, 5) is 53.2. The predicted molar refractivity (Wildman–Crippen MR) is 158 cm³/mol. The van der Waals surface area contributed by atoms with Crippen molar-refractivity contribution in [2.24, 2.45) is 5.73 Å². The van der Waals surface area contributed by atoms with Gasteiger partial charge in [-0.1, -0.05) is 68.5 Å². The summed E-state index contributed by atoms with van der Waals surface area (Å²) >= 11 is 0. The molecule has 0 aliphatic heterocycles. The van der Waals surface area contributed by atoms with Crippen molar-refractivity contribution in [3.63, 3.8) is 0 Å². The Morgan fingerprint density at radius 3 is 2.41 bits per heavy atom. The summed E-state index contributed by atoms with van der Waals surface area (Å²) in [5.41, 5.74) is 9.40. The zero-order valence-electron chi connectivity index (χ0n) is 23.7. The molecule has 0 aliphatic rings. The Labute approximate surface area is 240 Å². The molecule has 2 aromatic carbocycles. The Morgan fingerprint density at radius 2 is 1.73 bits per heavy atom. The molecular formula is C32H38N4O5. The molecule has 3 aromatic rings. The molecule has 41 heavy (non-hydrogen) atoms. The molecule has 0 saturated heterocycles. The first kappa shape index (κ1) is 30.9. The van der Waals surface area contributed by atoms with Gasteiger partial charge in [0, 0.05) is 30.7 Å². The van der Waals surface area contributed by atoms with E-state index < -0.39 is 35.8 Å². The fourth-order valence-electron chi connectivity index (χ4n) is 4.24. The topological polar surface area (TPSA) is 143 Å². The van der Waals surface area contributed by atoms with E-state index in [0.717, 1.165) is 16.8 Å². The second-order valence-electron chi connectivity index (χ2n) is 10.0. The SMILES string of the molecule is CCOC(=O)/C=C/[C@H](CCC(N)=O)NC(=O)[C@H](Cc1ccccc1)NC(=O)c1ccc(-c2cccc(C(C)C)c2)[nH]1. The Kier molecular flexibility index (Phi) is 11.5. The number of primary amides is 1. The molecule has 0 aliphatic carbocycles. The number of ether oxygens (including phenoxy) is 1. The van der Waals surface area contributed by atoms with Crippen LogP contribution in [0.4, 0.5) is 0 Å². The van der Waals surface area contributed by atoms with Crippen molar-refractivity contribution in [3.8, 4) is 11.3 Å². The zero-order chi connectivity index (χ0) is 29.8. The highest BCUT2D eigenvalue weighted by atomic mass is 16.5. The molecule has 2 atom stereocenters. The molecule has 0 spiro atoms. The van der Waals surface area contributed by atoms with Crippen LogP contribution in [0.3, 0.4) is 0 Å². The number of aromatic amines is 1. The number of rotatable bonds is 14. The second-order valence-corrected chi connectivity index (χ2v) is 10.0. The fraction of sp³-hybridized carbons (Fsp3) is 0.312. The van der Waals surface area contributed by atoms with Crippen LogP contribution in [0.1, 0.15) is 61.1 Å². The van der Waals surface area contributed by atoms with Gasteiger partial charge in [-0.3, -0.25) is 14.4 Å². The van der Waals surface area contributed by atoms with E-state index in [0.29, 0.717) is 11.6 Å². The fourth-order valence-corrected chi connectivity index (χ4v) is 4.24. The number of benzene rings is 2. The molecule has 1 heterocycles. The number of hydrogen-bond acceptors (Lipinski definition) is 5. The van der Waals surface area contributed by atoms with E-state index in [1.807, 2.05) is 48.5 Å². The van der Waals surface area contributed by atoms with Crippen molar-refractivity contribution in [2.45, 2.75) is 58.0 Å². The Hall–Kier alpha value is -4.66. The predicted octanol–water partition coefficient (Wildman–Crippen LogP) is 4.02. The van der Waals surface area contributed by atoms with Crippen LogP contribution in [-0.2, 0) is 25.5 Å². The minimum atomic E-state index is -0.937. The van der Waals surface area contributed by atoms with E-state index >= 15 is 0 Å². The normalized spacial score (nSPS) is 12.6. The molecule has 0 radical (unpaired) electrons. The largest absolute Gasteiger partial charge is 0.463 e. The lowest BCUT2D eigenvalue weighted by atomic mass is 10.00. The summed E-state index contributed by atoms with van der Waals surface area (Å²) in [7, 11) is 0. The van der Waals surface area contributed by atoms with Crippen LogP contribution in [0.2, 0.25) is 0 Å². The second kappa shape index (κ2) is 15.2. The monoisotopic (exact) mass is 558 g/mol. The van der Waals surface area contributed by atoms with Crippen LogP contribution in [0.25, 0.3) is 11.3 Å². The lowest BCUT2D eigenvalue weighted by molar-refractivity contribution is -0.137. The van der Waals surface area contributed by atoms with Gasteiger partial charge < -0.3 is 26.1 Å². The highest BCUT2D eigenvalue weighted by Gasteiger charge is 2.25. The van der Waals surface area contributed by atoms with Crippen LogP contribution in [-0.4, -0.2) is 47.4 Å². The average Bonchev–Trinajstić information content (AvgIpc) is 3.45. The quantitative estimate of drug-likeness (QED) is 0.175. The molecule has 9 heteroatoms. The third-order valence-electron chi connectivity index (χ3n) is 6.48.